The molecule has 0 aliphatic carbocycles. The van der Waals surface area contributed by atoms with Crippen LogP contribution in [0.1, 0.15) is 96.8 Å². The fourth-order valence-corrected chi connectivity index (χ4v) is 2.93. The van der Waals surface area contributed by atoms with Crippen molar-refractivity contribution in [1.29, 1.82) is 0 Å². The first-order valence-corrected chi connectivity index (χ1v) is 10.4. The third-order valence-corrected chi connectivity index (χ3v) is 4.44. The molecule has 144 valence electrons. The lowest BCUT2D eigenvalue weighted by Gasteiger charge is -2.05. The quantitative estimate of drug-likeness (QED) is 0.280. The summed E-state index contributed by atoms with van der Waals surface area (Å²) in [6, 6.07) is 0. The predicted molar refractivity (Wildman–Crippen MR) is 104 cm³/mol. The van der Waals surface area contributed by atoms with E-state index in [0.29, 0.717) is 0 Å². The Bertz CT molecular complexity index is 260. The maximum atomic E-state index is 10.3. The zero-order chi connectivity index (χ0) is 17.7. The second kappa shape index (κ2) is 20.4. The molecule has 0 saturated carbocycles. The summed E-state index contributed by atoms with van der Waals surface area (Å²) >= 11 is 0. The van der Waals surface area contributed by atoms with Crippen LogP contribution in [-0.2, 0) is 4.79 Å². The third-order valence-electron chi connectivity index (χ3n) is 4.44. The van der Waals surface area contributed by atoms with E-state index in [1.54, 1.807) is 0 Å². The number of carboxylic acids is 1. The van der Waals surface area contributed by atoms with Crippen LogP contribution in [0.4, 0.5) is 0 Å². The number of unbranched alkanes of at least 4 members (excludes halogenated alkanes) is 12. The summed E-state index contributed by atoms with van der Waals surface area (Å²) < 4.78 is 0. The van der Waals surface area contributed by atoms with Crippen LogP contribution in [0, 0.1) is 0 Å². The van der Waals surface area contributed by atoms with Crippen LogP contribution in [0.15, 0.2) is 0 Å². The molecule has 0 saturated heterocycles. The van der Waals surface area contributed by atoms with Crippen molar-refractivity contribution in [3.8, 4) is 0 Å². The molecule has 0 aromatic rings. The summed E-state index contributed by atoms with van der Waals surface area (Å²) in [4.78, 5) is 10.3. The molecule has 0 bridgehead atoms. The topological polar surface area (TPSA) is 61.4 Å². The highest BCUT2D eigenvalue weighted by Crippen LogP contribution is 2.12. The van der Waals surface area contributed by atoms with Gasteiger partial charge < -0.3 is 15.7 Å². The number of carboxylic acid groups (broad SMARTS) is 1. The first kappa shape index (κ1) is 23.4. The van der Waals surface area contributed by atoms with Gasteiger partial charge in [0.1, 0.15) is 0 Å². The molecule has 0 radical (unpaired) electrons. The van der Waals surface area contributed by atoms with Crippen LogP contribution >= 0.6 is 0 Å². The molecule has 0 spiro atoms. The van der Waals surface area contributed by atoms with Crippen molar-refractivity contribution in [3.05, 3.63) is 0 Å². The molecule has 24 heavy (non-hydrogen) atoms. The van der Waals surface area contributed by atoms with Crippen LogP contribution in [0.25, 0.3) is 0 Å². The van der Waals surface area contributed by atoms with Gasteiger partial charge in [0, 0.05) is 0 Å². The second-order valence-electron chi connectivity index (χ2n) is 6.92. The predicted octanol–water partition coefficient (Wildman–Crippen LogP) is 4.73. The third kappa shape index (κ3) is 21.4. The fourth-order valence-electron chi connectivity index (χ4n) is 2.93. The van der Waals surface area contributed by atoms with E-state index >= 15 is 0 Å². The molecule has 0 amide bonds. The molecular formula is C20H42N2O2. The van der Waals surface area contributed by atoms with E-state index in [4.69, 9.17) is 5.11 Å². The zero-order valence-electron chi connectivity index (χ0n) is 16.1. The zero-order valence-corrected chi connectivity index (χ0v) is 16.1. The van der Waals surface area contributed by atoms with E-state index in [0.717, 1.165) is 26.1 Å². The minimum atomic E-state index is -0.782. The van der Waals surface area contributed by atoms with Crippen molar-refractivity contribution in [2.24, 2.45) is 0 Å². The van der Waals surface area contributed by atoms with Gasteiger partial charge in [0.25, 0.3) is 0 Å². The first-order valence-electron chi connectivity index (χ1n) is 10.4. The molecule has 0 aromatic heterocycles. The van der Waals surface area contributed by atoms with Gasteiger partial charge in [-0.15, -0.1) is 0 Å². The van der Waals surface area contributed by atoms with Gasteiger partial charge in [-0.2, -0.15) is 0 Å². The Kier molecular flexibility index (Phi) is 19.9. The average Bonchev–Trinajstić information content (AvgIpc) is 2.56. The van der Waals surface area contributed by atoms with Crippen LogP contribution < -0.4 is 10.6 Å². The lowest BCUT2D eigenvalue weighted by molar-refractivity contribution is -0.135. The van der Waals surface area contributed by atoms with Gasteiger partial charge in [0.15, 0.2) is 0 Å². The van der Waals surface area contributed by atoms with Crippen LogP contribution in [0.3, 0.4) is 0 Å². The van der Waals surface area contributed by atoms with Crippen LogP contribution in [-0.4, -0.2) is 37.3 Å². The number of rotatable bonds is 20. The summed E-state index contributed by atoms with van der Waals surface area (Å²) in [6.45, 7) is 5.19. The van der Waals surface area contributed by atoms with Gasteiger partial charge in [0.2, 0.25) is 0 Å². The highest BCUT2D eigenvalue weighted by molar-refractivity contribution is 5.68. The molecule has 0 aliphatic heterocycles. The summed E-state index contributed by atoms with van der Waals surface area (Å²) in [5.41, 5.74) is 0. The SMILES string of the molecule is CCCCCCCCCCCCCCCNCCCNCC(=O)O. The summed E-state index contributed by atoms with van der Waals surface area (Å²) in [5.74, 6) is -0.782. The monoisotopic (exact) mass is 342 g/mol. The van der Waals surface area contributed by atoms with E-state index in [1.165, 1.54) is 83.5 Å². The molecule has 4 heteroatoms. The Hall–Kier alpha value is -0.610. The fraction of sp³-hybridized carbons (Fsp3) is 0.950. The lowest BCUT2D eigenvalue weighted by Crippen LogP contribution is -2.26. The van der Waals surface area contributed by atoms with E-state index in [1.807, 2.05) is 0 Å². The van der Waals surface area contributed by atoms with E-state index in [-0.39, 0.29) is 6.54 Å². The van der Waals surface area contributed by atoms with Gasteiger partial charge in [-0.3, -0.25) is 4.79 Å². The standard InChI is InChI=1S/C20H42N2O2/c1-2-3-4-5-6-7-8-9-10-11-12-13-14-16-21-17-15-18-22-19-20(23)24/h21-22H,2-19H2,1H3,(H,23,24). The largest absolute Gasteiger partial charge is 0.480 e. The number of nitrogens with one attached hydrogen (secondary N) is 2. The number of carbonyl (C=O) groups is 1. The molecule has 0 fully saturated rings. The van der Waals surface area contributed by atoms with Crippen LogP contribution in [0.5, 0.6) is 0 Å². The Morgan fingerprint density at radius 3 is 1.54 bits per heavy atom. The van der Waals surface area contributed by atoms with E-state index < -0.39 is 5.97 Å². The lowest BCUT2D eigenvalue weighted by atomic mass is 10.0. The Labute approximate surface area is 150 Å². The Balaban J connectivity index is 2.97. The smallest absolute Gasteiger partial charge is 0.317 e. The summed E-state index contributed by atoms with van der Waals surface area (Å²) in [6.07, 6.45) is 19.2. The summed E-state index contributed by atoms with van der Waals surface area (Å²) in [7, 11) is 0. The van der Waals surface area contributed by atoms with Crippen molar-refractivity contribution in [2.75, 3.05) is 26.2 Å². The highest BCUT2D eigenvalue weighted by Gasteiger charge is 1.95. The van der Waals surface area contributed by atoms with Crippen molar-refractivity contribution in [1.82, 2.24) is 10.6 Å². The molecule has 0 rings (SSSR count). The van der Waals surface area contributed by atoms with Crippen molar-refractivity contribution in [3.63, 3.8) is 0 Å². The van der Waals surface area contributed by atoms with Gasteiger partial charge in [-0.05, 0) is 32.5 Å². The molecule has 0 aliphatic rings. The van der Waals surface area contributed by atoms with Crippen LogP contribution in [0.2, 0.25) is 0 Å². The number of aliphatic carboxylic acids is 1. The van der Waals surface area contributed by atoms with Crippen molar-refractivity contribution in [2.45, 2.75) is 96.8 Å². The second-order valence-corrected chi connectivity index (χ2v) is 6.92. The molecule has 3 N–H and O–H groups in total. The molecule has 0 atom stereocenters. The highest BCUT2D eigenvalue weighted by atomic mass is 16.4. The molecule has 0 aromatic carbocycles. The minimum Gasteiger partial charge on any atom is -0.480 e. The molecule has 0 heterocycles. The van der Waals surface area contributed by atoms with Gasteiger partial charge in [-0.1, -0.05) is 84.0 Å². The molecule has 0 unspecified atom stereocenters. The maximum Gasteiger partial charge on any atom is 0.317 e. The summed E-state index contributed by atoms with van der Waals surface area (Å²) in [5, 5.41) is 14.8. The van der Waals surface area contributed by atoms with Crippen molar-refractivity contribution >= 4 is 5.97 Å². The number of hydrogen-bond acceptors (Lipinski definition) is 3. The van der Waals surface area contributed by atoms with Crippen molar-refractivity contribution < 1.29 is 9.90 Å². The van der Waals surface area contributed by atoms with E-state index in [2.05, 4.69) is 17.6 Å². The Morgan fingerprint density at radius 2 is 1.04 bits per heavy atom. The van der Waals surface area contributed by atoms with Gasteiger partial charge in [-0.25, -0.2) is 0 Å². The first-order chi connectivity index (χ1) is 11.8. The minimum absolute atomic E-state index is 0.0683. The van der Waals surface area contributed by atoms with Gasteiger partial charge >= 0.3 is 5.97 Å². The average molecular weight is 343 g/mol. The maximum absolute atomic E-state index is 10.3. The van der Waals surface area contributed by atoms with E-state index in [9.17, 15) is 4.79 Å². The van der Waals surface area contributed by atoms with Gasteiger partial charge in [0.05, 0.1) is 6.54 Å². The molecular weight excluding hydrogens is 300 g/mol. The Morgan fingerprint density at radius 1 is 0.625 bits per heavy atom. The molecule has 4 nitrogen and oxygen atoms in total. The number of hydrogen-bond donors (Lipinski definition) is 3. The normalized spacial score (nSPS) is 11.0.